The van der Waals surface area contributed by atoms with E-state index in [0.29, 0.717) is 17.9 Å². The highest BCUT2D eigenvalue weighted by Gasteiger charge is 2.37. The van der Waals surface area contributed by atoms with Gasteiger partial charge in [-0.1, -0.05) is 77.6 Å². The summed E-state index contributed by atoms with van der Waals surface area (Å²) in [4.78, 5) is 22.9. The van der Waals surface area contributed by atoms with Crippen LogP contribution in [0.5, 0.6) is 5.75 Å². The number of carbonyl (C=O) groups is 2. The first-order chi connectivity index (χ1) is 15.3. The Morgan fingerprint density at radius 3 is 1.72 bits per heavy atom. The average Bonchev–Trinajstić information content (AvgIpc) is 2.76. The third kappa shape index (κ3) is 13.5. The molecule has 0 unspecified atom stereocenters. The maximum Gasteiger partial charge on any atom is 0.449 e. The Morgan fingerprint density at radius 2 is 1.22 bits per heavy atom. The van der Waals surface area contributed by atoms with Crippen molar-refractivity contribution in [1.29, 1.82) is 0 Å². The summed E-state index contributed by atoms with van der Waals surface area (Å²) in [6.07, 6.45) is 9.77. The molecule has 3 nitrogen and oxygen atoms in total. The van der Waals surface area contributed by atoms with Crippen LogP contribution < -0.4 is 4.74 Å². The minimum atomic E-state index is -4.82. The van der Waals surface area contributed by atoms with Crippen LogP contribution in [0.15, 0.2) is 24.3 Å². The number of hydrogen-bond acceptors (Lipinski definition) is 3. The first-order valence-corrected chi connectivity index (χ1v) is 12.2. The SMILES string of the molecule is CCCCCCCCCCCCCCOc1ccc(C(=O)CCCC(=O)C(F)(F)F)cc1. The van der Waals surface area contributed by atoms with Gasteiger partial charge in [-0.25, -0.2) is 0 Å². The molecule has 0 amide bonds. The molecule has 0 radical (unpaired) electrons. The molecule has 1 aromatic carbocycles. The number of alkyl halides is 3. The number of Topliss-reactive ketones (excluding diaryl/α,β-unsaturated/α-hetero) is 2. The topological polar surface area (TPSA) is 43.4 Å². The fourth-order valence-corrected chi connectivity index (χ4v) is 3.57. The maximum atomic E-state index is 12.2. The van der Waals surface area contributed by atoms with E-state index in [4.69, 9.17) is 4.74 Å². The fraction of sp³-hybridized carbons (Fsp3) is 0.692. The Morgan fingerprint density at radius 1 is 0.719 bits per heavy atom. The lowest BCUT2D eigenvalue weighted by Gasteiger charge is -2.08. The summed E-state index contributed by atoms with van der Waals surface area (Å²) in [5, 5.41) is 0. The molecule has 182 valence electrons. The predicted molar refractivity (Wildman–Crippen MR) is 122 cm³/mol. The highest BCUT2D eigenvalue weighted by molar-refractivity contribution is 5.96. The zero-order chi connectivity index (χ0) is 23.7. The third-order valence-electron chi connectivity index (χ3n) is 5.57. The van der Waals surface area contributed by atoms with Gasteiger partial charge in [0, 0.05) is 18.4 Å². The molecule has 0 saturated carbocycles. The van der Waals surface area contributed by atoms with E-state index in [1.165, 1.54) is 64.2 Å². The zero-order valence-corrected chi connectivity index (χ0v) is 19.5. The number of hydrogen-bond donors (Lipinski definition) is 0. The minimum Gasteiger partial charge on any atom is -0.494 e. The van der Waals surface area contributed by atoms with Crippen LogP contribution in [0.2, 0.25) is 0 Å². The van der Waals surface area contributed by atoms with E-state index in [0.717, 1.165) is 12.8 Å². The highest BCUT2D eigenvalue weighted by atomic mass is 19.4. The summed E-state index contributed by atoms with van der Waals surface area (Å²) in [5.41, 5.74) is 0.419. The van der Waals surface area contributed by atoms with Crippen molar-refractivity contribution in [3.63, 3.8) is 0 Å². The Labute approximate surface area is 191 Å². The molecule has 0 spiro atoms. The fourth-order valence-electron chi connectivity index (χ4n) is 3.57. The second kappa shape index (κ2) is 16.7. The molecule has 0 bridgehead atoms. The van der Waals surface area contributed by atoms with Gasteiger partial charge in [0.15, 0.2) is 5.78 Å². The molecule has 0 aliphatic carbocycles. The molecule has 0 aromatic heterocycles. The Balaban J connectivity index is 2.06. The molecule has 6 heteroatoms. The molecular formula is C26H39F3O3. The van der Waals surface area contributed by atoms with Gasteiger partial charge in [-0.3, -0.25) is 9.59 Å². The zero-order valence-electron chi connectivity index (χ0n) is 19.5. The summed E-state index contributed by atoms with van der Waals surface area (Å²) >= 11 is 0. The highest BCUT2D eigenvalue weighted by Crippen LogP contribution is 2.20. The van der Waals surface area contributed by atoms with Crippen molar-refractivity contribution in [3.05, 3.63) is 29.8 Å². The van der Waals surface area contributed by atoms with Gasteiger partial charge in [0.1, 0.15) is 5.75 Å². The first kappa shape index (κ1) is 28.2. The Bertz CT molecular complexity index is 639. The summed E-state index contributed by atoms with van der Waals surface area (Å²) in [6, 6.07) is 6.64. The number of ether oxygens (including phenoxy) is 1. The monoisotopic (exact) mass is 456 g/mol. The van der Waals surface area contributed by atoms with Crippen LogP contribution in [0.1, 0.15) is 114 Å². The molecule has 0 heterocycles. The van der Waals surface area contributed by atoms with Crippen LogP contribution in [0.4, 0.5) is 13.2 Å². The van der Waals surface area contributed by atoms with Crippen molar-refractivity contribution < 1.29 is 27.5 Å². The molecule has 1 aromatic rings. The minimum absolute atomic E-state index is 0.0825. The maximum absolute atomic E-state index is 12.2. The number of rotatable bonds is 19. The van der Waals surface area contributed by atoms with E-state index < -0.39 is 18.4 Å². The van der Waals surface area contributed by atoms with Crippen LogP contribution in [-0.2, 0) is 4.79 Å². The number of benzene rings is 1. The lowest BCUT2D eigenvalue weighted by Crippen LogP contribution is -2.22. The summed E-state index contributed by atoms with van der Waals surface area (Å²) in [5.74, 6) is -1.38. The van der Waals surface area contributed by atoms with E-state index >= 15 is 0 Å². The van der Waals surface area contributed by atoms with Gasteiger partial charge in [0.05, 0.1) is 6.61 Å². The van der Waals surface area contributed by atoms with Gasteiger partial charge in [-0.15, -0.1) is 0 Å². The van der Waals surface area contributed by atoms with E-state index in [9.17, 15) is 22.8 Å². The quantitative estimate of drug-likeness (QED) is 0.155. The Kier molecular flexibility index (Phi) is 14.7. The molecule has 0 fully saturated rings. The van der Waals surface area contributed by atoms with Gasteiger partial charge in [0.2, 0.25) is 5.78 Å². The standard InChI is InChI=1S/C26H39F3O3/c1-2-3-4-5-6-7-8-9-10-11-12-13-21-32-23-19-17-22(18-20-23)24(30)15-14-16-25(31)26(27,28)29/h17-20H,2-16,21H2,1H3. The molecule has 0 atom stereocenters. The molecule has 1 rings (SSSR count). The molecule has 32 heavy (non-hydrogen) atoms. The first-order valence-electron chi connectivity index (χ1n) is 12.2. The van der Waals surface area contributed by atoms with Crippen molar-refractivity contribution in [2.75, 3.05) is 6.61 Å². The number of carbonyl (C=O) groups excluding carboxylic acids is 2. The lowest BCUT2D eigenvalue weighted by molar-refractivity contribution is -0.171. The number of ketones is 2. The summed E-state index contributed by atoms with van der Waals surface area (Å²) < 4.78 is 42.2. The van der Waals surface area contributed by atoms with Crippen LogP contribution >= 0.6 is 0 Å². The van der Waals surface area contributed by atoms with Gasteiger partial charge < -0.3 is 4.74 Å². The van der Waals surface area contributed by atoms with Crippen LogP contribution in [0.25, 0.3) is 0 Å². The number of halogens is 3. The van der Waals surface area contributed by atoms with Gasteiger partial charge in [-0.05, 0) is 37.1 Å². The third-order valence-corrected chi connectivity index (χ3v) is 5.57. The largest absolute Gasteiger partial charge is 0.494 e. The van der Waals surface area contributed by atoms with Crippen molar-refractivity contribution >= 4 is 11.6 Å². The van der Waals surface area contributed by atoms with E-state index in [1.807, 2.05) is 0 Å². The average molecular weight is 457 g/mol. The van der Waals surface area contributed by atoms with Gasteiger partial charge >= 0.3 is 6.18 Å². The van der Waals surface area contributed by atoms with Crippen molar-refractivity contribution in [2.45, 2.75) is 109 Å². The molecule has 0 N–H and O–H groups in total. The summed E-state index contributed by atoms with van der Waals surface area (Å²) in [7, 11) is 0. The lowest BCUT2D eigenvalue weighted by atomic mass is 10.0. The van der Waals surface area contributed by atoms with Gasteiger partial charge in [-0.2, -0.15) is 13.2 Å². The molecule has 0 saturated heterocycles. The van der Waals surface area contributed by atoms with Crippen molar-refractivity contribution in [3.8, 4) is 5.75 Å². The van der Waals surface area contributed by atoms with Crippen LogP contribution in [0.3, 0.4) is 0 Å². The van der Waals surface area contributed by atoms with E-state index in [2.05, 4.69) is 6.92 Å². The number of unbranched alkanes of at least 4 members (excludes halogenated alkanes) is 11. The van der Waals surface area contributed by atoms with Crippen molar-refractivity contribution in [1.82, 2.24) is 0 Å². The van der Waals surface area contributed by atoms with E-state index in [-0.39, 0.29) is 18.6 Å². The second-order valence-corrected chi connectivity index (χ2v) is 8.46. The summed E-state index contributed by atoms with van der Waals surface area (Å²) in [6.45, 7) is 2.87. The Hall–Kier alpha value is -1.85. The van der Waals surface area contributed by atoms with E-state index in [1.54, 1.807) is 24.3 Å². The molecular weight excluding hydrogens is 417 g/mol. The smallest absolute Gasteiger partial charge is 0.449 e. The van der Waals surface area contributed by atoms with Crippen LogP contribution in [0, 0.1) is 0 Å². The van der Waals surface area contributed by atoms with Crippen LogP contribution in [-0.4, -0.2) is 24.3 Å². The molecule has 0 aliphatic heterocycles. The van der Waals surface area contributed by atoms with Crippen molar-refractivity contribution in [2.24, 2.45) is 0 Å². The molecule has 0 aliphatic rings. The second-order valence-electron chi connectivity index (χ2n) is 8.46. The normalized spacial score (nSPS) is 11.5. The predicted octanol–water partition coefficient (Wildman–Crippen LogP) is 8.25. The van der Waals surface area contributed by atoms with Gasteiger partial charge in [0.25, 0.3) is 0 Å².